The molecule has 0 unspecified atom stereocenters. The minimum Gasteiger partial charge on any atom is -0.308 e. The average molecular weight is 305 g/mol. The van der Waals surface area contributed by atoms with Gasteiger partial charge in [-0.15, -0.1) is 0 Å². The molecule has 80 valence electrons. The molecule has 0 spiro atoms. The van der Waals surface area contributed by atoms with Crippen LogP contribution in [0.5, 0.6) is 0 Å². The minimum atomic E-state index is 0.460. The Morgan fingerprint density at radius 2 is 2.14 bits per heavy atom. The maximum atomic E-state index is 2.57. The van der Waals surface area contributed by atoms with Crippen molar-refractivity contribution in [3.63, 3.8) is 0 Å². The van der Waals surface area contributed by atoms with Gasteiger partial charge < -0.3 is 4.90 Å². The molecule has 2 rings (SSSR count). The maximum absolute atomic E-state index is 2.57. The van der Waals surface area contributed by atoms with Gasteiger partial charge in [-0.1, -0.05) is 19.9 Å². The summed E-state index contributed by atoms with van der Waals surface area (Å²) in [6.45, 7) is 6.12. The van der Waals surface area contributed by atoms with Crippen LogP contribution < -0.4 is 0 Å². The second-order valence-electron chi connectivity index (χ2n) is 5.70. The summed E-state index contributed by atoms with van der Waals surface area (Å²) in [6, 6.07) is 0. The Bertz CT molecular complexity index is 280. The van der Waals surface area contributed by atoms with Gasteiger partial charge >= 0.3 is 0 Å². The molecule has 0 radical (unpaired) electrons. The molecule has 2 heteroatoms. The number of hydrogen-bond acceptors (Lipinski definition) is 1. The molecule has 1 saturated carbocycles. The zero-order valence-electron chi connectivity index (χ0n) is 9.60. The summed E-state index contributed by atoms with van der Waals surface area (Å²) in [5.74, 6) is 0.828. The highest BCUT2D eigenvalue weighted by Crippen LogP contribution is 2.66. The van der Waals surface area contributed by atoms with Crippen LogP contribution in [0.4, 0.5) is 0 Å². The lowest BCUT2D eigenvalue weighted by Crippen LogP contribution is -2.40. The van der Waals surface area contributed by atoms with Crippen molar-refractivity contribution in [3.05, 3.63) is 9.66 Å². The van der Waals surface area contributed by atoms with Crippen molar-refractivity contribution in [1.29, 1.82) is 0 Å². The molecule has 14 heavy (non-hydrogen) atoms. The van der Waals surface area contributed by atoms with Gasteiger partial charge in [-0.05, 0) is 64.4 Å². The van der Waals surface area contributed by atoms with Crippen molar-refractivity contribution < 1.29 is 0 Å². The van der Waals surface area contributed by atoms with Gasteiger partial charge in [-0.2, -0.15) is 0 Å². The van der Waals surface area contributed by atoms with Crippen LogP contribution in [0.2, 0.25) is 0 Å². The van der Waals surface area contributed by atoms with Gasteiger partial charge in [0.2, 0.25) is 0 Å². The van der Waals surface area contributed by atoms with Gasteiger partial charge in [-0.25, -0.2) is 0 Å². The highest BCUT2D eigenvalue weighted by Gasteiger charge is 2.59. The smallest absolute Gasteiger partial charge is 0.0192 e. The minimum absolute atomic E-state index is 0.460. The average Bonchev–Trinajstić information content (AvgIpc) is 2.36. The van der Waals surface area contributed by atoms with E-state index in [0.717, 1.165) is 5.92 Å². The quantitative estimate of drug-likeness (QED) is 0.708. The molecular formula is C12H20IN. The lowest BCUT2D eigenvalue weighted by molar-refractivity contribution is 0.118. The molecule has 0 aromatic heterocycles. The molecule has 0 saturated heterocycles. The van der Waals surface area contributed by atoms with E-state index in [0.29, 0.717) is 10.8 Å². The highest BCUT2D eigenvalue weighted by molar-refractivity contribution is 14.1. The van der Waals surface area contributed by atoms with Gasteiger partial charge in [0, 0.05) is 12.0 Å². The lowest BCUT2D eigenvalue weighted by Gasteiger charge is -2.41. The standard InChI is InChI=1S/C12H20IN/c1-11(2)9-5-6-12(11,8-14(3)4)10(13)7-9/h7,9H,5-6,8H2,1-4H3/t9-,12-/m1/s1. The summed E-state index contributed by atoms with van der Waals surface area (Å²) >= 11 is 2.57. The van der Waals surface area contributed by atoms with Crippen LogP contribution >= 0.6 is 22.6 Å². The van der Waals surface area contributed by atoms with E-state index in [1.54, 1.807) is 3.58 Å². The van der Waals surface area contributed by atoms with Gasteiger partial charge in [0.05, 0.1) is 0 Å². The van der Waals surface area contributed by atoms with Crippen molar-refractivity contribution in [3.8, 4) is 0 Å². The van der Waals surface area contributed by atoms with Crippen LogP contribution in [-0.2, 0) is 0 Å². The predicted molar refractivity (Wildman–Crippen MR) is 69.6 cm³/mol. The molecule has 0 amide bonds. The summed E-state index contributed by atoms with van der Waals surface area (Å²) in [6.07, 6.45) is 5.30. The van der Waals surface area contributed by atoms with E-state index in [1.165, 1.54) is 19.4 Å². The highest BCUT2D eigenvalue weighted by atomic mass is 127. The molecular weight excluding hydrogens is 285 g/mol. The zero-order valence-corrected chi connectivity index (χ0v) is 11.8. The van der Waals surface area contributed by atoms with E-state index in [2.05, 4.69) is 61.5 Å². The zero-order chi connectivity index (χ0) is 10.6. The van der Waals surface area contributed by atoms with Crippen molar-refractivity contribution in [2.24, 2.45) is 16.7 Å². The number of fused-ring (bicyclic) bond motifs is 2. The summed E-state index contributed by atoms with van der Waals surface area (Å²) in [5.41, 5.74) is 0.940. The van der Waals surface area contributed by atoms with Crippen LogP contribution in [0.3, 0.4) is 0 Å². The Kier molecular flexibility index (Phi) is 2.51. The number of hydrogen-bond donors (Lipinski definition) is 0. The molecule has 2 aliphatic rings. The first-order valence-corrected chi connectivity index (χ1v) is 6.50. The molecule has 2 bridgehead atoms. The second kappa shape index (κ2) is 3.21. The van der Waals surface area contributed by atoms with Crippen molar-refractivity contribution in [1.82, 2.24) is 4.90 Å². The Balaban J connectivity index is 2.36. The molecule has 0 N–H and O–H groups in total. The summed E-state index contributed by atoms with van der Waals surface area (Å²) < 4.78 is 1.62. The van der Waals surface area contributed by atoms with Crippen molar-refractivity contribution >= 4 is 22.6 Å². The van der Waals surface area contributed by atoms with Gasteiger partial charge in [0.25, 0.3) is 0 Å². The van der Waals surface area contributed by atoms with Crippen LogP contribution in [0.15, 0.2) is 9.66 Å². The fourth-order valence-corrected chi connectivity index (χ4v) is 4.96. The molecule has 2 atom stereocenters. The normalized spacial score (nSPS) is 39.3. The molecule has 1 fully saturated rings. The maximum Gasteiger partial charge on any atom is 0.0192 e. The summed E-state index contributed by atoms with van der Waals surface area (Å²) in [5, 5.41) is 0. The Morgan fingerprint density at radius 1 is 1.50 bits per heavy atom. The number of nitrogens with zero attached hydrogens (tertiary/aromatic N) is 1. The van der Waals surface area contributed by atoms with Gasteiger partial charge in [0.1, 0.15) is 0 Å². The Hall–Kier alpha value is 0.430. The first kappa shape index (κ1) is 10.9. The molecule has 0 aliphatic heterocycles. The topological polar surface area (TPSA) is 3.24 Å². The van der Waals surface area contributed by atoms with Crippen LogP contribution in [0, 0.1) is 16.7 Å². The van der Waals surface area contributed by atoms with Crippen LogP contribution in [-0.4, -0.2) is 25.5 Å². The van der Waals surface area contributed by atoms with E-state index in [-0.39, 0.29) is 0 Å². The Labute approximate surface area is 101 Å². The first-order chi connectivity index (χ1) is 6.40. The number of allylic oxidation sites excluding steroid dienone is 1. The molecule has 2 aliphatic carbocycles. The van der Waals surface area contributed by atoms with Crippen LogP contribution in [0.25, 0.3) is 0 Å². The molecule has 0 heterocycles. The third-order valence-corrected chi connectivity index (χ3v) is 5.83. The SMILES string of the molecule is CN(C)C[C@]12CC[C@H](C=C1I)C2(C)C. The third kappa shape index (κ3) is 1.22. The first-order valence-electron chi connectivity index (χ1n) is 5.43. The molecule has 1 nitrogen and oxygen atoms in total. The van der Waals surface area contributed by atoms with Crippen molar-refractivity contribution in [2.75, 3.05) is 20.6 Å². The number of halogens is 1. The van der Waals surface area contributed by atoms with E-state index >= 15 is 0 Å². The monoisotopic (exact) mass is 305 g/mol. The Morgan fingerprint density at radius 3 is 2.50 bits per heavy atom. The van der Waals surface area contributed by atoms with Gasteiger partial charge in [-0.3, -0.25) is 0 Å². The number of rotatable bonds is 2. The molecule has 0 aromatic carbocycles. The second-order valence-corrected chi connectivity index (χ2v) is 6.86. The van der Waals surface area contributed by atoms with Crippen LogP contribution in [0.1, 0.15) is 26.7 Å². The third-order valence-electron chi connectivity index (χ3n) is 4.43. The summed E-state index contributed by atoms with van der Waals surface area (Å²) in [7, 11) is 4.39. The molecule has 0 aromatic rings. The van der Waals surface area contributed by atoms with Crippen molar-refractivity contribution in [2.45, 2.75) is 26.7 Å². The van der Waals surface area contributed by atoms with E-state index in [4.69, 9.17) is 0 Å². The van der Waals surface area contributed by atoms with E-state index in [1.807, 2.05) is 0 Å². The lowest BCUT2D eigenvalue weighted by atomic mass is 9.69. The van der Waals surface area contributed by atoms with E-state index in [9.17, 15) is 0 Å². The summed E-state index contributed by atoms with van der Waals surface area (Å²) in [4.78, 5) is 2.35. The fourth-order valence-electron chi connectivity index (χ4n) is 3.39. The predicted octanol–water partition coefficient (Wildman–Crippen LogP) is 3.30. The largest absolute Gasteiger partial charge is 0.308 e. The van der Waals surface area contributed by atoms with Gasteiger partial charge in [0.15, 0.2) is 0 Å². The van der Waals surface area contributed by atoms with E-state index < -0.39 is 0 Å². The fraction of sp³-hybridized carbons (Fsp3) is 0.833.